The predicted octanol–water partition coefficient (Wildman–Crippen LogP) is 0.739. The number of carboxylic acid groups (broad SMARTS) is 1. The molecular weight excluding hydrogens is 642 g/mol. The van der Waals surface area contributed by atoms with Crippen molar-refractivity contribution in [1.82, 2.24) is 0 Å². The van der Waals surface area contributed by atoms with E-state index in [-0.39, 0.29) is 25.2 Å². The Morgan fingerprint density at radius 2 is 1.59 bits per heavy atom. The molecule has 0 saturated carbocycles. The Kier molecular flexibility index (Phi) is 15.8. The number of aliphatic carboxylic acids is 1. The molecule has 0 spiro atoms. The van der Waals surface area contributed by atoms with E-state index in [4.69, 9.17) is 24.7 Å². The summed E-state index contributed by atoms with van der Waals surface area (Å²) in [7, 11) is 0. The molecule has 14 atom stereocenters. The quantitative estimate of drug-likeness (QED) is 0.189. The van der Waals surface area contributed by atoms with Crippen molar-refractivity contribution in [2.24, 2.45) is 17.6 Å². The number of aliphatic hydroxyl groups excluding tert-OH is 5. The second kappa shape index (κ2) is 19.0. The molecule has 9 N–H and O–H groups in total. The van der Waals surface area contributed by atoms with Crippen LogP contribution in [-0.4, -0.2) is 121 Å². The van der Waals surface area contributed by atoms with Crippen molar-refractivity contribution in [3.8, 4) is 0 Å². The minimum atomic E-state index is -2.18. The third kappa shape index (κ3) is 12.2. The largest absolute Gasteiger partial charge is 0.481 e. The summed E-state index contributed by atoms with van der Waals surface area (Å²) >= 11 is 0. The second-order valence-corrected chi connectivity index (χ2v) is 13.1. The van der Waals surface area contributed by atoms with Gasteiger partial charge in [0.25, 0.3) is 0 Å². The van der Waals surface area contributed by atoms with Crippen LogP contribution in [0.15, 0.2) is 60.8 Å². The van der Waals surface area contributed by atoms with E-state index in [0.717, 1.165) is 6.42 Å². The van der Waals surface area contributed by atoms with E-state index in [1.54, 1.807) is 50.3 Å². The lowest BCUT2D eigenvalue weighted by molar-refractivity contribution is -0.308. The fourth-order valence-electron chi connectivity index (χ4n) is 6.29. The summed E-state index contributed by atoms with van der Waals surface area (Å²) in [5.74, 6) is -5.69. The van der Waals surface area contributed by atoms with Crippen LogP contribution in [0.3, 0.4) is 0 Å². The Labute approximate surface area is 286 Å². The Balaban J connectivity index is 1.93. The maximum atomic E-state index is 12.3. The number of hydrogen-bond acceptors (Lipinski definition) is 13. The summed E-state index contributed by atoms with van der Waals surface area (Å²) in [6.45, 7) is 5.32. The SMILES string of the molecule is CC[C@H]1C=CC=CC=CC=C[C@@H](O[C@H]2O[C@@H](C)[C@H](O)[C@@H](N)[C@H]2O)C[C@H]2O[C@@](O)(C[C@@H](O)C[C@@H](O)CC=CC(=O)O[C@H]1C)C[C@H](O)[C@H]2C(=O)O. The number of allylic oxidation sites excluding steroid dienone is 6. The van der Waals surface area contributed by atoms with Crippen LogP contribution in [-0.2, 0) is 28.5 Å². The van der Waals surface area contributed by atoms with Gasteiger partial charge in [0.1, 0.15) is 18.1 Å². The fourth-order valence-corrected chi connectivity index (χ4v) is 6.29. The number of esters is 1. The maximum absolute atomic E-state index is 12.3. The first kappa shape index (κ1) is 40.7. The highest BCUT2D eigenvalue weighted by atomic mass is 16.7. The molecule has 0 aromatic heterocycles. The van der Waals surface area contributed by atoms with Crippen LogP contribution in [0.25, 0.3) is 0 Å². The van der Waals surface area contributed by atoms with Crippen molar-refractivity contribution in [2.45, 2.75) is 132 Å². The van der Waals surface area contributed by atoms with Crippen LogP contribution < -0.4 is 5.73 Å². The van der Waals surface area contributed by atoms with Gasteiger partial charge in [0.15, 0.2) is 12.1 Å². The lowest BCUT2D eigenvalue weighted by Gasteiger charge is -2.45. The van der Waals surface area contributed by atoms with E-state index < -0.39 is 104 Å². The molecule has 3 heterocycles. The van der Waals surface area contributed by atoms with Crippen molar-refractivity contribution in [3.63, 3.8) is 0 Å². The van der Waals surface area contributed by atoms with E-state index in [1.807, 2.05) is 19.1 Å². The summed E-state index contributed by atoms with van der Waals surface area (Å²) in [5.41, 5.74) is 5.98. The Morgan fingerprint density at radius 3 is 2.24 bits per heavy atom. The lowest BCUT2D eigenvalue weighted by atomic mass is 9.83. The first-order valence-corrected chi connectivity index (χ1v) is 16.8. The van der Waals surface area contributed by atoms with Gasteiger partial charge in [-0.15, -0.1) is 0 Å². The van der Waals surface area contributed by atoms with Crippen LogP contribution in [0, 0.1) is 11.8 Å². The lowest BCUT2D eigenvalue weighted by Crippen LogP contribution is -2.61. The van der Waals surface area contributed by atoms with Gasteiger partial charge in [-0.25, -0.2) is 4.79 Å². The molecule has 2 bridgehead atoms. The molecule has 2 saturated heterocycles. The summed E-state index contributed by atoms with van der Waals surface area (Å²) < 4.78 is 23.1. The standard InChI is InChI=1S/C35H53NO13/c1-4-22-12-9-7-5-6-8-10-14-25(48-34-32(42)30(36)31(41)21(3)47-34)17-27-29(33(43)44)26(39)19-35(45,49-27)18-24(38)16-23(37)13-11-15-28(40)46-20(22)2/h5-12,14-15,20-27,29-32,34,37-39,41-42,45H,4,13,16-19,36H2,1-3H3,(H,43,44)/t20-,21-,22-,23-,24-,25+,26-,27+,29+,30+,31-,32+,34+,35-/m0/s1. The Morgan fingerprint density at radius 1 is 0.939 bits per heavy atom. The maximum Gasteiger partial charge on any atom is 0.330 e. The van der Waals surface area contributed by atoms with Crippen LogP contribution in [0.5, 0.6) is 0 Å². The number of hydrogen-bond donors (Lipinski definition) is 8. The molecule has 276 valence electrons. The number of aliphatic hydroxyl groups is 6. The van der Waals surface area contributed by atoms with Gasteiger partial charge in [0.05, 0.1) is 48.8 Å². The van der Waals surface area contributed by atoms with E-state index in [2.05, 4.69) is 0 Å². The van der Waals surface area contributed by atoms with Crippen molar-refractivity contribution < 1.29 is 64.3 Å². The van der Waals surface area contributed by atoms with Crippen LogP contribution in [0.2, 0.25) is 0 Å². The molecule has 0 aliphatic carbocycles. The Hall–Kier alpha value is -2.76. The normalized spacial score (nSPS) is 41.9. The molecule has 0 unspecified atom stereocenters. The third-order valence-electron chi connectivity index (χ3n) is 9.05. The van der Waals surface area contributed by atoms with Gasteiger partial charge in [0.2, 0.25) is 0 Å². The van der Waals surface area contributed by atoms with E-state index in [0.29, 0.717) is 0 Å². The monoisotopic (exact) mass is 695 g/mol. The van der Waals surface area contributed by atoms with E-state index in [9.17, 15) is 45.3 Å². The highest BCUT2D eigenvalue weighted by Gasteiger charge is 2.50. The van der Waals surface area contributed by atoms with Crippen LogP contribution in [0.4, 0.5) is 0 Å². The van der Waals surface area contributed by atoms with Crippen LogP contribution in [0.1, 0.15) is 59.3 Å². The topological polar surface area (TPSA) is 239 Å². The Bertz CT molecular complexity index is 1220. The smallest absolute Gasteiger partial charge is 0.330 e. The predicted molar refractivity (Wildman–Crippen MR) is 176 cm³/mol. The first-order chi connectivity index (χ1) is 23.1. The summed E-state index contributed by atoms with van der Waals surface area (Å²) in [6, 6.07) is -1.09. The van der Waals surface area contributed by atoms with Gasteiger partial charge in [-0.3, -0.25) is 4.79 Å². The molecule has 0 aromatic rings. The summed E-state index contributed by atoms with van der Waals surface area (Å²) in [4.78, 5) is 24.6. The average molecular weight is 696 g/mol. The number of cyclic esters (lactones) is 1. The van der Waals surface area contributed by atoms with Gasteiger partial charge in [-0.1, -0.05) is 61.6 Å². The first-order valence-electron chi connectivity index (χ1n) is 16.8. The molecular formula is C35H53NO13. The molecule has 14 nitrogen and oxygen atoms in total. The zero-order valence-electron chi connectivity index (χ0n) is 28.2. The minimum absolute atomic E-state index is 0.00132. The number of carbonyl (C=O) groups is 2. The second-order valence-electron chi connectivity index (χ2n) is 13.1. The number of ether oxygens (including phenoxy) is 4. The highest BCUT2D eigenvalue weighted by molar-refractivity contribution is 5.82. The highest BCUT2D eigenvalue weighted by Crippen LogP contribution is 2.38. The number of carbonyl (C=O) groups excluding carboxylic acids is 1. The van der Waals surface area contributed by atoms with Gasteiger partial charge < -0.3 is 60.4 Å². The summed E-state index contributed by atoms with van der Waals surface area (Å²) in [5, 5.41) is 74.4. The van der Waals surface area contributed by atoms with Crippen molar-refractivity contribution in [1.29, 1.82) is 0 Å². The molecule has 2 fully saturated rings. The number of fused-ring (bicyclic) bond motifs is 2. The number of rotatable bonds is 4. The van der Waals surface area contributed by atoms with Crippen molar-refractivity contribution in [3.05, 3.63) is 60.8 Å². The fraction of sp³-hybridized carbons (Fsp3) is 0.657. The molecule has 3 aliphatic rings. The molecule has 14 heteroatoms. The van der Waals surface area contributed by atoms with E-state index in [1.165, 1.54) is 12.2 Å². The van der Waals surface area contributed by atoms with Gasteiger partial charge in [0, 0.05) is 31.3 Å². The zero-order valence-corrected chi connectivity index (χ0v) is 28.2. The molecule has 0 amide bonds. The van der Waals surface area contributed by atoms with Crippen LogP contribution >= 0.6 is 0 Å². The van der Waals surface area contributed by atoms with Gasteiger partial charge >= 0.3 is 11.9 Å². The molecule has 3 aliphatic heterocycles. The van der Waals surface area contributed by atoms with Crippen molar-refractivity contribution >= 4 is 11.9 Å². The average Bonchev–Trinajstić information content (AvgIpc) is 3.00. The number of carboxylic acids is 1. The minimum Gasteiger partial charge on any atom is -0.481 e. The van der Waals surface area contributed by atoms with Crippen molar-refractivity contribution in [2.75, 3.05) is 0 Å². The van der Waals surface area contributed by atoms with E-state index >= 15 is 0 Å². The molecule has 0 aromatic carbocycles. The van der Waals surface area contributed by atoms with Gasteiger partial charge in [-0.05, 0) is 33.1 Å². The zero-order chi connectivity index (χ0) is 36.3. The molecule has 0 radical (unpaired) electrons. The number of nitrogens with two attached hydrogens (primary N) is 1. The molecule has 3 rings (SSSR count). The third-order valence-corrected chi connectivity index (χ3v) is 9.05. The van der Waals surface area contributed by atoms with Gasteiger partial charge in [-0.2, -0.15) is 0 Å². The molecule has 49 heavy (non-hydrogen) atoms. The summed E-state index contributed by atoms with van der Waals surface area (Å²) in [6.07, 6.45) is 4.26.